The van der Waals surface area contributed by atoms with E-state index in [0.29, 0.717) is 17.5 Å². The zero-order valence-electron chi connectivity index (χ0n) is 16.7. The Bertz CT molecular complexity index is 1380. The van der Waals surface area contributed by atoms with Crippen LogP contribution in [-0.4, -0.2) is 31.0 Å². The van der Waals surface area contributed by atoms with Crippen molar-refractivity contribution >= 4 is 33.7 Å². The van der Waals surface area contributed by atoms with Gasteiger partial charge in [0.05, 0.1) is 17.5 Å². The number of pyridine rings is 1. The first-order valence-electron chi connectivity index (χ1n) is 10.4. The van der Waals surface area contributed by atoms with Gasteiger partial charge in [-0.1, -0.05) is 42.5 Å². The van der Waals surface area contributed by atoms with Gasteiger partial charge < -0.3 is 15.0 Å². The average Bonchev–Trinajstić information content (AvgIpc) is 3.25. The second-order valence-corrected chi connectivity index (χ2v) is 7.68. The number of nitrogens with zero attached hydrogens (tertiary/aromatic N) is 4. The van der Waals surface area contributed by atoms with E-state index in [2.05, 4.69) is 48.4 Å². The number of fused-ring (bicyclic) bond motifs is 2. The molecule has 152 valence electrons. The Balaban J connectivity index is 1.42. The summed E-state index contributed by atoms with van der Waals surface area (Å²) in [6.45, 7) is 0. The lowest BCUT2D eigenvalue weighted by Crippen LogP contribution is -2.25. The molecule has 0 aliphatic heterocycles. The Hall–Kier alpha value is -4.00. The van der Waals surface area contributed by atoms with E-state index < -0.39 is 0 Å². The van der Waals surface area contributed by atoms with Gasteiger partial charge in [-0.2, -0.15) is 9.97 Å². The molecule has 0 amide bonds. The number of nitrogens with one attached hydrogen (secondary N) is 2. The zero-order valence-corrected chi connectivity index (χ0v) is 16.7. The number of imidazole rings is 1. The van der Waals surface area contributed by atoms with Gasteiger partial charge in [0.25, 0.3) is 0 Å². The predicted octanol–water partition coefficient (Wildman–Crippen LogP) is 5.24. The van der Waals surface area contributed by atoms with Crippen LogP contribution < -0.4 is 10.1 Å². The van der Waals surface area contributed by atoms with Crippen LogP contribution in [0.1, 0.15) is 19.3 Å². The molecule has 2 aromatic carbocycles. The summed E-state index contributed by atoms with van der Waals surface area (Å²) >= 11 is 0. The highest BCUT2D eigenvalue weighted by molar-refractivity contribution is 6.01. The molecule has 1 aliphatic carbocycles. The van der Waals surface area contributed by atoms with Crippen LogP contribution in [0, 0.1) is 0 Å². The summed E-state index contributed by atoms with van der Waals surface area (Å²) in [5, 5.41) is 4.40. The van der Waals surface area contributed by atoms with Crippen molar-refractivity contribution in [1.29, 1.82) is 0 Å². The Morgan fingerprint density at radius 2 is 1.84 bits per heavy atom. The number of para-hydroxylation sites is 1. The normalized spacial score (nSPS) is 13.9. The average molecular weight is 408 g/mol. The monoisotopic (exact) mass is 408 g/mol. The summed E-state index contributed by atoms with van der Waals surface area (Å²) in [7, 11) is 0. The third kappa shape index (κ3) is 3.24. The molecule has 0 bridgehead atoms. The number of hydrogen-bond acceptors (Lipinski definition) is 6. The first-order chi connectivity index (χ1) is 15.3. The van der Waals surface area contributed by atoms with E-state index >= 15 is 0 Å². The molecule has 5 aromatic rings. The zero-order chi connectivity index (χ0) is 20.6. The van der Waals surface area contributed by atoms with E-state index in [1.807, 2.05) is 42.6 Å². The number of hydrogen-bond donors (Lipinski definition) is 2. The number of aromatic amines is 1. The molecule has 31 heavy (non-hydrogen) atoms. The lowest BCUT2D eigenvalue weighted by Gasteiger charge is -2.25. The van der Waals surface area contributed by atoms with Gasteiger partial charge in [-0.25, -0.2) is 4.98 Å². The summed E-state index contributed by atoms with van der Waals surface area (Å²) in [6.07, 6.45) is 6.96. The lowest BCUT2D eigenvalue weighted by molar-refractivity contribution is 0.116. The Kier molecular flexibility index (Phi) is 4.23. The summed E-state index contributed by atoms with van der Waals surface area (Å²) in [5.74, 6) is 0.973. The van der Waals surface area contributed by atoms with E-state index in [4.69, 9.17) is 4.74 Å². The molecule has 0 spiro atoms. The Morgan fingerprint density at radius 1 is 0.935 bits per heavy atom. The van der Waals surface area contributed by atoms with Crippen molar-refractivity contribution in [2.24, 2.45) is 0 Å². The minimum atomic E-state index is 0.210. The van der Waals surface area contributed by atoms with Gasteiger partial charge in [0.2, 0.25) is 11.8 Å². The summed E-state index contributed by atoms with van der Waals surface area (Å²) in [5.41, 5.74) is 5.27. The van der Waals surface area contributed by atoms with E-state index in [1.54, 1.807) is 6.33 Å². The van der Waals surface area contributed by atoms with Crippen LogP contribution in [0.2, 0.25) is 0 Å². The molecule has 0 saturated heterocycles. The number of benzene rings is 2. The van der Waals surface area contributed by atoms with Gasteiger partial charge in [-0.05, 0) is 42.5 Å². The quantitative estimate of drug-likeness (QED) is 0.413. The first kappa shape index (κ1) is 17.8. The standard InChI is InChI=1S/C24H20N6O/c1-2-6-15(7-3-1)17-12-13-25-20-18(17)10-5-11-19(20)28-24-29-22-21(26-14-27-22)23(30-24)31-16-8-4-9-16/h1-3,5-7,10-14,16H,4,8-9H2,(H2,26,27,28,29,30). The smallest absolute Gasteiger partial charge is 0.245 e. The second-order valence-electron chi connectivity index (χ2n) is 7.68. The van der Waals surface area contributed by atoms with Gasteiger partial charge in [-0.15, -0.1) is 0 Å². The third-order valence-electron chi connectivity index (χ3n) is 5.69. The number of aromatic nitrogens is 5. The molecule has 0 radical (unpaired) electrons. The van der Waals surface area contributed by atoms with E-state index in [1.165, 1.54) is 6.42 Å². The Morgan fingerprint density at radius 3 is 2.68 bits per heavy atom. The van der Waals surface area contributed by atoms with Gasteiger partial charge in [-0.3, -0.25) is 4.98 Å². The van der Waals surface area contributed by atoms with Gasteiger partial charge in [0.15, 0.2) is 5.65 Å². The second kappa shape index (κ2) is 7.36. The van der Waals surface area contributed by atoms with Crippen molar-refractivity contribution < 1.29 is 4.74 Å². The van der Waals surface area contributed by atoms with Gasteiger partial charge in [0.1, 0.15) is 11.6 Å². The van der Waals surface area contributed by atoms with Crippen molar-refractivity contribution in [1.82, 2.24) is 24.9 Å². The highest BCUT2D eigenvalue weighted by Crippen LogP contribution is 2.33. The first-order valence-corrected chi connectivity index (χ1v) is 10.4. The van der Waals surface area contributed by atoms with Crippen LogP contribution in [0.15, 0.2) is 67.1 Å². The molecule has 0 unspecified atom stereocenters. The highest BCUT2D eigenvalue weighted by Gasteiger charge is 2.22. The number of H-pyrrole nitrogens is 1. The minimum absolute atomic E-state index is 0.210. The van der Waals surface area contributed by atoms with Crippen molar-refractivity contribution in [3.63, 3.8) is 0 Å². The molecule has 0 atom stereocenters. The minimum Gasteiger partial charge on any atom is -0.473 e. The van der Waals surface area contributed by atoms with Crippen LogP contribution in [0.5, 0.6) is 5.88 Å². The highest BCUT2D eigenvalue weighted by atomic mass is 16.5. The molecule has 1 saturated carbocycles. The molecule has 2 N–H and O–H groups in total. The molecular formula is C24H20N6O. The fraction of sp³-hybridized carbons (Fsp3) is 0.167. The summed E-state index contributed by atoms with van der Waals surface area (Å²) in [6, 6.07) is 18.4. The van der Waals surface area contributed by atoms with Crippen molar-refractivity contribution in [2.75, 3.05) is 5.32 Å². The maximum Gasteiger partial charge on any atom is 0.245 e. The number of anilines is 2. The van der Waals surface area contributed by atoms with Crippen LogP contribution in [0.4, 0.5) is 11.6 Å². The lowest BCUT2D eigenvalue weighted by atomic mass is 9.96. The maximum absolute atomic E-state index is 6.09. The molecular weight excluding hydrogens is 388 g/mol. The van der Waals surface area contributed by atoms with Crippen molar-refractivity contribution in [2.45, 2.75) is 25.4 Å². The van der Waals surface area contributed by atoms with Crippen molar-refractivity contribution in [3.05, 3.63) is 67.1 Å². The fourth-order valence-electron chi connectivity index (χ4n) is 3.86. The summed E-state index contributed by atoms with van der Waals surface area (Å²) < 4.78 is 6.09. The number of rotatable bonds is 5. The van der Waals surface area contributed by atoms with Crippen molar-refractivity contribution in [3.8, 4) is 17.0 Å². The summed E-state index contributed by atoms with van der Waals surface area (Å²) in [4.78, 5) is 21.2. The molecule has 3 aromatic heterocycles. The predicted molar refractivity (Wildman–Crippen MR) is 120 cm³/mol. The van der Waals surface area contributed by atoms with E-state index in [9.17, 15) is 0 Å². The molecule has 1 aliphatic rings. The fourth-order valence-corrected chi connectivity index (χ4v) is 3.86. The van der Waals surface area contributed by atoms with E-state index in [0.717, 1.165) is 46.1 Å². The molecule has 7 heteroatoms. The van der Waals surface area contributed by atoms with Crippen LogP contribution >= 0.6 is 0 Å². The molecule has 1 fully saturated rings. The number of ether oxygens (including phenoxy) is 1. The SMILES string of the molecule is c1ccc(-c2ccnc3c(Nc4nc(OC5CCC5)c5[nH]cnc5n4)cccc23)cc1. The van der Waals surface area contributed by atoms with Crippen LogP contribution in [0.3, 0.4) is 0 Å². The largest absolute Gasteiger partial charge is 0.473 e. The molecule has 3 heterocycles. The maximum atomic E-state index is 6.09. The van der Waals surface area contributed by atoms with Crippen LogP contribution in [0.25, 0.3) is 33.2 Å². The van der Waals surface area contributed by atoms with Gasteiger partial charge in [0, 0.05) is 11.6 Å². The van der Waals surface area contributed by atoms with E-state index in [-0.39, 0.29) is 6.10 Å². The molecule has 7 nitrogen and oxygen atoms in total. The van der Waals surface area contributed by atoms with Gasteiger partial charge >= 0.3 is 0 Å². The third-order valence-corrected chi connectivity index (χ3v) is 5.69. The van der Waals surface area contributed by atoms with Crippen LogP contribution in [-0.2, 0) is 0 Å². The Labute approximate surface area is 178 Å². The molecule has 6 rings (SSSR count). The topological polar surface area (TPSA) is 88.6 Å².